The lowest BCUT2D eigenvalue weighted by Gasteiger charge is -2.02. The van der Waals surface area contributed by atoms with Gasteiger partial charge in [0.05, 0.1) is 0 Å². The molecule has 0 radical (unpaired) electrons. The summed E-state index contributed by atoms with van der Waals surface area (Å²) in [4.78, 5) is 10.9. The van der Waals surface area contributed by atoms with Gasteiger partial charge in [0.1, 0.15) is 12.3 Å². The zero-order valence-corrected chi connectivity index (χ0v) is 9.30. The largest absolute Gasteiger partial charge is 0.388 e. The topological polar surface area (TPSA) is 75.4 Å². The Bertz CT molecular complexity index is 534. The maximum atomic E-state index is 10.9. The highest BCUT2D eigenvalue weighted by molar-refractivity contribution is 5.89. The summed E-state index contributed by atoms with van der Waals surface area (Å²) in [6.07, 6.45) is 0. The van der Waals surface area contributed by atoms with Crippen LogP contribution in [0.4, 0.5) is 5.69 Å². The molecule has 5 heteroatoms. The molecule has 17 heavy (non-hydrogen) atoms. The predicted molar refractivity (Wildman–Crippen MR) is 62.2 cm³/mol. The zero-order chi connectivity index (χ0) is 12.3. The number of nitrogens with one attached hydrogen (secondary N) is 1. The standard InChI is InChI=1S/C12H12N2O3/c1-8(16)13-10-4-2-3-9(5-10)12-6-11(7-15)17-14-12/h2-6,15H,7H2,1H3,(H,13,16). The number of anilines is 1. The minimum Gasteiger partial charge on any atom is -0.388 e. The highest BCUT2D eigenvalue weighted by Gasteiger charge is 2.06. The minimum absolute atomic E-state index is 0.127. The van der Waals surface area contributed by atoms with E-state index in [9.17, 15) is 4.79 Å². The SMILES string of the molecule is CC(=O)Nc1cccc(-c2cc(CO)on2)c1. The van der Waals surface area contributed by atoms with Gasteiger partial charge in [-0.25, -0.2) is 0 Å². The molecule has 0 aliphatic carbocycles. The van der Waals surface area contributed by atoms with Crippen molar-refractivity contribution in [3.63, 3.8) is 0 Å². The average molecular weight is 232 g/mol. The van der Waals surface area contributed by atoms with E-state index in [1.54, 1.807) is 18.2 Å². The summed E-state index contributed by atoms with van der Waals surface area (Å²) in [7, 11) is 0. The fourth-order valence-electron chi connectivity index (χ4n) is 1.48. The molecule has 2 aromatic rings. The van der Waals surface area contributed by atoms with Crippen molar-refractivity contribution in [3.05, 3.63) is 36.1 Å². The summed E-state index contributed by atoms with van der Waals surface area (Å²) >= 11 is 0. The Balaban J connectivity index is 2.29. The number of aliphatic hydroxyl groups is 1. The van der Waals surface area contributed by atoms with Gasteiger partial charge in [-0.15, -0.1) is 0 Å². The van der Waals surface area contributed by atoms with Gasteiger partial charge in [0.15, 0.2) is 5.76 Å². The first kappa shape index (κ1) is 11.3. The zero-order valence-electron chi connectivity index (χ0n) is 9.30. The van der Waals surface area contributed by atoms with Crippen LogP contribution in [-0.4, -0.2) is 16.2 Å². The number of benzene rings is 1. The van der Waals surface area contributed by atoms with Crippen LogP contribution in [0.3, 0.4) is 0 Å². The van der Waals surface area contributed by atoms with Gasteiger partial charge in [-0.1, -0.05) is 17.3 Å². The summed E-state index contributed by atoms with van der Waals surface area (Å²) < 4.78 is 4.90. The third-order valence-corrected chi connectivity index (χ3v) is 2.19. The van der Waals surface area contributed by atoms with E-state index in [1.807, 2.05) is 12.1 Å². The number of nitrogens with zero attached hydrogens (tertiary/aromatic N) is 1. The lowest BCUT2D eigenvalue weighted by Crippen LogP contribution is -2.05. The Hall–Kier alpha value is -2.14. The maximum absolute atomic E-state index is 10.9. The Labute approximate surface area is 98.1 Å². The third kappa shape index (κ3) is 2.70. The first-order valence-electron chi connectivity index (χ1n) is 5.13. The minimum atomic E-state index is -0.182. The molecule has 0 fully saturated rings. The second-order valence-electron chi connectivity index (χ2n) is 3.60. The molecule has 0 aliphatic rings. The summed E-state index contributed by atoms with van der Waals surface area (Å²) in [5.74, 6) is 0.281. The number of aliphatic hydroxyl groups excluding tert-OH is 1. The number of hydrogen-bond donors (Lipinski definition) is 2. The first-order chi connectivity index (χ1) is 8.19. The van der Waals surface area contributed by atoms with Gasteiger partial charge in [0, 0.05) is 24.2 Å². The summed E-state index contributed by atoms with van der Waals surface area (Å²) in [5, 5.41) is 15.4. The van der Waals surface area contributed by atoms with Crippen LogP contribution < -0.4 is 5.32 Å². The highest BCUT2D eigenvalue weighted by atomic mass is 16.5. The molecule has 1 amide bonds. The van der Waals surface area contributed by atoms with Gasteiger partial charge in [-0.2, -0.15) is 0 Å². The van der Waals surface area contributed by atoms with Crippen LogP contribution in [0.5, 0.6) is 0 Å². The maximum Gasteiger partial charge on any atom is 0.221 e. The van der Waals surface area contributed by atoms with Crippen LogP contribution in [0.25, 0.3) is 11.3 Å². The highest BCUT2D eigenvalue weighted by Crippen LogP contribution is 2.22. The van der Waals surface area contributed by atoms with E-state index in [0.29, 0.717) is 17.1 Å². The van der Waals surface area contributed by atoms with E-state index >= 15 is 0 Å². The van der Waals surface area contributed by atoms with Gasteiger partial charge < -0.3 is 14.9 Å². The first-order valence-corrected chi connectivity index (χ1v) is 5.13. The van der Waals surface area contributed by atoms with Crippen LogP contribution >= 0.6 is 0 Å². The van der Waals surface area contributed by atoms with Crippen LogP contribution in [0.15, 0.2) is 34.9 Å². The van der Waals surface area contributed by atoms with Gasteiger partial charge in [-0.3, -0.25) is 4.79 Å². The van der Waals surface area contributed by atoms with E-state index < -0.39 is 0 Å². The fraction of sp³-hybridized carbons (Fsp3) is 0.167. The molecule has 2 rings (SSSR count). The van der Waals surface area contributed by atoms with Crippen LogP contribution in [0.1, 0.15) is 12.7 Å². The molecule has 0 saturated carbocycles. The van der Waals surface area contributed by atoms with E-state index in [1.165, 1.54) is 6.92 Å². The van der Waals surface area contributed by atoms with Gasteiger partial charge in [0.2, 0.25) is 5.91 Å². The molecule has 2 N–H and O–H groups in total. The molecule has 1 aromatic heterocycles. The summed E-state index contributed by atoms with van der Waals surface area (Å²) in [6, 6.07) is 8.91. The molecule has 1 heterocycles. The number of carbonyl (C=O) groups is 1. The molecule has 0 bridgehead atoms. The molecule has 5 nitrogen and oxygen atoms in total. The Kier molecular flexibility index (Phi) is 3.20. The Morgan fingerprint density at radius 1 is 1.47 bits per heavy atom. The lowest BCUT2D eigenvalue weighted by atomic mass is 10.1. The molecule has 0 spiro atoms. The van der Waals surface area contributed by atoms with E-state index in [4.69, 9.17) is 9.63 Å². The molecule has 0 unspecified atom stereocenters. The van der Waals surface area contributed by atoms with Crippen LogP contribution in [-0.2, 0) is 11.4 Å². The number of amides is 1. The molecule has 0 aliphatic heterocycles. The smallest absolute Gasteiger partial charge is 0.221 e. The second-order valence-corrected chi connectivity index (χ2v) is 3.60. The van der Waals surface area contributed by atoms with Crippen molar-refractivity contribution < 1.29 is 14.4 Å². The number of carbonyl (C=O) groups excluding carboxylic acids is 1. The van der Waals surface area contributed by atoms with Gasteiger partial charge in [0.25, 0.3) is 0 Å². The van der Waals surface area contributed by atoms with E-state index in [0.717, 1.165) is 5.56 Å². The molecular formula is C12H12N2O3. The van der Waals surface area contributed by atoms with Crippen molar-refractivity contribution in [1.29, 1.82) is 0 Å². The summed E-state index contributed by atoms with van der Waals surface area (Å²) in [5.41, 5.74) is 2.14. The normalized spacial score (nSPS) is 10.2. The Morgan fingerprint density at radius 2 is 2.29 bits per heavy atom. The lowest BCUT2D eigenvalue weighted by molar-refractivity contribution is -0.114. The van der Waals surface area contributed by atoms with Crippen LogP contribution in [0.2, 0.25) is 0 Å². The number of hydrogen-bond acceptors (Lipinski definition) is 4. The molecule has 1 aromatic carbocycles. The molecule has 0 atom stereocenters. The van der Waals surface area contributed by atoms with Crippen molar-refractivity contribution in [2.45, 2.75) is 13.5 Å². The van der Waals surface area contributed by atoms with Gasteiger partial charge in [-0.05, 0) is 12.1 Å². The van der Waals surface area contributed by atoms with E-state index in [-0.39, 0.29) is 12.5 Å². The van der Waals surface area contributed by atoms with Crippen molar-refractivity contribution >= 4 is 11.6 Å². The quantitative estimate of drug-likeness (QED) is 0.846. The third-order valence-electron chi connectivity index (χ3n) is 2.19. The van der Waals surface area contributed by atoms with Gasteiger partial charge >= 0.3 is 0 Å². The van der Waals surface area contributed by atoms with Crippen molar-refractivity contribution in [1.82, 2.24) is 5.16 Å². The molecule has 0 saturated heterocycles. The second kappa shape index (κ2) is 4.80. The number of rotatable bonds is 3. The van der Waals surface area contributed by atoms with Crippen molar-refractivity contribution in [2.24, 2.45) is 0 Å². The number of aromatic nitrogens is 1. The van der Waals surface area contributed by atoms with Crippen molar-refractivity contribution in [2.75, 3.05) is 5.32 Å². The molecule has 88 valence electrons. The molecular weight excluding hydrogens is 220 g/mol. The average Bonchev–Trinajstić information content (AvgIpc) is 2.77. The fourth-order valence-corrected chi connectivity index (χ4v) is 1.48. The predicted octanol–water partition coefficient (Wildman–Crippen LogP) is 1.79. The van der Waals surface area contributed by atoms with E-state index in [2.05, 4.69) is 10.5 Å². The monoisotopic (exact) mass is 232 g/mol. The Morgan fingerprint density at radius 3 is 2.94 bits per heavy atom. The van der Waals surface area contributed by atoms with Crippen LogP contribution in [0, 0.1) is 0 Å². The van der Waals surface area contributed by atoms with Crippen molar-refractivity contribution in [3.8, 4) is 11.3 Å². The summed E-state index contributed by atoms with van der Waals surface area (Å²) in [6.45, 7) is 1.27.